The summed E-state index contributed by atoms with van der Waals surface area (Å²) < 4.78 is 9.43. The average molecular weight is 328 g/mol. The maximum atomic E-state index is 11.7. The lowest BCUT2D eigenvalue weighted by Crippen LogP contribution is -1.99. The number of hydrogen-bond donors (Lipinski definition) is 0. The lowest BCUT2D eigenvalue weighted by atomic mass is 10.4. The summed E-state index contributed by atoms with van der Waals surface area (Å²) in [5.41, 5.74) is 0. The van der Waals surface area contributed by atoms with Crippen molar-refractivity contribution in [2.75, 3.05) is 14.2 Å². The Kier molecular flexibility index (Phi) is 5.22. The molecule has 2 aromatic rings. The quantitative estimate of drug-likeness (QED) is 0.619. The molecule has 0 saturated carbocycles. The number of ether oxygens (including phenoxy) is 2. The topological polar surface area (TPSA) is 52.6 Å². The van der Waals surface area contributed by atoms with Crippen LogP contribution >= 0.6 is 34.4 Å². The molecule has 4 nitrogen and oxygen atoms in total. The first-order valence-electron chi connectivity index (χ1n) is 5.61. The van der Waals surface area contributed by atoms with Crippen LogP contribution in [0.3, 0.4) is 0 Å². The number of methoxy groups -OCH3 is 2. The normalized spacial score (nSPS) is 10.3. The summed E-state index contributed by atoms with van der Waals surface area (Å²) in [5.74, 6) is -0.124. The van der Waals surface area contributed by atoms with E-state index in [1.807, 2.05) is 17.5 Å². The molecule has 20 heavy (non-hydrogen) atoms. The average Bonchev–Trinajstić information content (AvgIpc) is 3.12. The van der Waals surface area contributed by atoms with Crippen molar-refractivity contribution >= 4 is 46.4 Å². The molecule has 0 aliphatic heterocycles. The molecule has 7 heteroatoms. The lowest BCUT2D eigenvalue weighted by Gasteiger charge is -2.00. The van der Waals surface area contributed by atoms with Crippen LogP contribution in [-0.4, -0.2) is 26.2 Å². The lowest BCUT2D eigenvalue weighted by molar-refractivity contribution is 0.0596. The van der Waals surface area contributed by atoms with Gasteiger partial charge in [-0.1, -0.05) is 6.07 Å². The fraction of sp³-hybridized carbons (Fsp3) is 0.231. The molecule has 0 radical (unpaired) electrons. The number of carbonyl (C=O) groups is 2. The molecule has 0 atom stereocenters. The van der Waals surface area contributed by atoms with Gasteiger partial charge in [0.1, 0.15) is 9.75 Å². The Morgan fingerprint density at radius 1 is 1.25 bits per heavy atom. The third-order valence-corrected chi connectivity index (χ3v) is 5.78. The van der Waals surface area contributed by atoms with Gasteiger partial charge in [-0.3, -0.25) is 0 Å². The van der Waals surface area contributed by atoms with Gasteiger partial charge in [-0.2, -0.15) is 0 Å². The van der Waals surface area contributed by atoms with Gasteiger partial charge in [-0.25, -0.2) is 9.59 Å². The monoisotopic (exact) mass is 328 g/mol. The van der Waals surface area contributed by atoms with E-state index in [0.29, 0.717) is 9.75 Å². The van der Waals surface area contributed by atoms with E-state index in [2.05, 4.69) is 4.74 Å². The molecule has 2 heterocycles. The van der Waals surface area contributed by atoms with Crippen LogP contribution in [0, 0.1) is 0 Å². The van der Waals surface area contributed by atoms with Crippen LogP contribution in [0.4, 0.5) is 0 Å². The van der Waals surface area contributed by atoms with Crippen molar-refractivity contribution in [2.45, 2.75) is 10.6 Å². The molecule has 106 valence electrons. The van der Waals surface area contributed by atoms with E-state index < -0.39 is 11.9 Å². The highest BCUT2D eigenvalue weighted by Crippen LogP contribution is 2.34. The van der Waals surface area contributed by atoms with Crippen LogP contribution in [0.5, 0.6) is 0 Å². The minimum absolute atomic E-state index is 0.404. The van der Waals surface area contributed by atoms with Crippen LogP contribution in [0.25, 0.3) is 0 Å². The molecule has 2 rings (SSSR count). The number of hydrogen-bond acceptors (Lipinski definition) is 7. The van der Waals surface area contributed by atoms with Crippen LogP contribution in [0.2, 0.25) is 0 Å². The van der Waals surface area contributed by atoms with Crippen molar-refractivity contribution < 1.29 is 19.1 Å². The van der Waals surface area contributed by atoms with E-state index in [0.717, 1.165) is 22.0 Å². The van der Waals surface area contributed by atoms with Crippen molar-refractivity contribution in [3.8, 4) is 0 Å². The zero-order valence-corrected chi connectivity index (χ0v) is 13.3. The summed E-state index contributed by atoms with van der Waals surface area (Å²) in [5, 5.41) is 2.00. The van der Waals surface area contributed by atoms with Crippen molar-refractivity contribution in [3.05, 3.63) is 38.2 Å². The van der Waals surface area contributed by atoms with Crippen molar-refractivity contribution in [2.24, 2.45) is 0 Å². The summed E-state index contributed by atoms with van der Waals surface area (Å²) >= 11 is 4.26. The second-order valence-corrected chi connectivity index (χ2v) is 6.76. The zero-order valence-electron chi connectivity index (χ0n) is 10.9. The summed E-state index contributed by atoms with van der Waals surface area (Å²) in [4.78, 5) is 26.1. The van der Waals surface area contributed by atoms with E-state index in [4.69, 9.17) is 4.74 Å². The van der Waals surface area contributed by atoms with Gasteiger partial charge < -0.3 is 9.47 Å². The molecule has 0 aliphatic rings. The molecule has 0 amide bonds. The standard InChI is InChI=1S/C13H12O4S3/c1-16-12(14)10-6-9(11(20-10)13(15)17-2)19-7-8-4-3-5-18-8/h3-6H,7H2,1-2H3. The van der Waals surface area contributed by atoms with E-state index in [1.165, 1.54) is 30.9 Å². The van der Waals surface area contributed by atoms with Crippen molar-refractivity contribution in [1.82, 2.24) is 0 Å². The maximum absolute atomic E-state index is 11.7. The first kappa shape index (κ1) is 15.1. The van der Waals surface area contributed by atoms with Crippen LogP contribution in [0.15, 0.2) is 28.5 Å². The van der Waals surface area contributed by atoms with Gasteiger partial charge in [0.15, 0.2) is 0 Å². The summed E-state index contributed by atoms with van der Waals surface area (Å²) in [6, 6.07) is 5.69. The molecule has 0 aromatic carbocycles. The Morgan fingerprint density at radius 2 is 2.00 bits per heavy atom. The molecule has 0 bridgehead atoms. The molecule has 2 aromatic heterocycles. The van der Waals surface area contributed by atoms with Crippen LogP contribution < -0.4 is 0 Å². The molecule has 0 fully saturated rings. The number of thiophene rings is 2. The fourth-order valence-corrected chi connectivity index (χ4v) is 4.47. The first-order valence-corrected chi connectivity index (χ1v) is 8.29. The highest BCUT2D eigenvalue weighted by atomic mass is 32.2. The highest BCUT2D eigenvalue weighted by Gasteiger charge is 2.21. The molecule has 0 spiro atoms. The largest absolute Gasteiger partial charge is 0.465 e. The van der Waals surface area contributed by atoms with E-state index >= 15 is 0 Å². The number of carbonyl (C=O) groups excluding carboxylic acids is 2. The summed E-state index contributed by atoms with van der Waals surface area (Å²) in [7, 11) is 2.64. The third kappa shape index (κ3) is 3.41. The first-order chi connectivity index (χ1) is 9.65. The summed E-state index contributed by atoms with van der Waals surface area (Å²) in [6.07, 6.45) is 0. The second kappa shape index (κ2) is 6.92. The van der Waals surface area contributed by atoms with Crippen LogP contribution in [-0.2, 0) is 15.2 Å². The van der Waals surface area contributed by atoms with Crippen LogP contribution in [0.1, 0.15) is 24.2 Å². The molecule has 0 aliphatic carbocycles. The minimum atomic E-state index is -0.442. The van der Waals surface area contributed by atoms with Gasteiger partial charge in [0.05, 0.1) is 14.2 Å². The fourth-order valence-electron chi connectivity index (χ4n) is 1.46. The van der Waals surface area contributed by atoms with Gasteiger partial charge >= 0.3 is 11.9 Å². The van der Waals surface area contributed by atoms with Gasteiger partial charge in [0.2, 0.25) is 0 Å². The van der Waals surface area contributed by atoms with Gasteiger partial charge in [-0.05, 0) is 17.5 Å². The van der Waals surface area contributed by atoms with E-state index in [1.54, 1.807) is 17.4 Å². The van der Waals surface area contributed by atoms with Crippen molar-refractivity contribution in [1.29, 1.82) is 0 Å². The van der Waals surface area contributed by atoms with Crippen molar-refractivity contribution in [3.63, 3.8) is 0 Å². The predicted molar refractivity (Wildman–Crippen MR) is 80.9 cm³/mol. The minimum Gasteiger partial charge on any atom is -0.465 e. The van der Waals surface area contributed by atoms with Gasteiger partial charge in [0.25, 0.3) is 0 Å². The summed E-state index contributed by atoms with van der Waals surface area (Å²) in [6.45, 7) is 0. The number of rotatable bonds is 5. The molecule has 0 unspecified atom stereocenters. The number of thioether (sulfide) groups is 1. The Balaban J connectivity index is 2.22. The van der Waals surface area contributed by atoms with E-state index in [-0.39, 0.29) is 0 Å². The maximum Gasteiger partial charge on any atom is 0.349 e. The molecule has 0 saturated heterocycles. The Labute approximate surface area is 128 Å². The second-order valence-electron chi connectivity index (χ2n) is 3.66. The Bertz CT molecular complexity index is 601. The SMILES string of the molecule is COC(=O)c1cc(SCc2cccs2)c(C(=O)OC)s1. The smallest absolute Gasteiger partial charge is 0.349 e. The molecule has 0 N–H and O–H groups in total. The number of esters is 2. The predicted octanol–water partition coefficient (Wildman–Crippen LogP) is 3.68. The molecular formula is C13H12O4S3. The third-order valence-electron chi connectivity index (χ3n) is 2.41. The Morgan fingerprint density at radius 3 is 2.60 bits per heavy atom. The van der Waals surface area contributed by atoms with E-state index in [9.17, 15) is 9.59 Å². The molecular weight excluding hydrogens is 316 g/mol. The van der Waals surface area contributed by atoms with Gasteiger partial charge in [0, 0.05) is 15.5 Å². The highest BCUT2D eigenvalue weighted by molar-refractivity contribution is 7.98. The van der Waals surface area contributed by atoms with Gasteiger partial charge in [-0.15, -0.1) is 34.4 Å². The zero-order chi connectivity index (χ0) is 14.5. The Hall–Kier alpha value is -1.31.